The number of anilines is 1. The number of hydrogen-bond acceptors (Lipinski definition) is 3. The van der Waals surface area contributed by atoms with Gasteiger partial charge in [0.25, 0.3) is 0 Å². The van der Waals surface area contributed by atoms with E-state index >= 15 is 0 Å². The van der Waals surface area contributed by atoms with Crippen LogP contribution >= 0.6 is 0 Å². The lowest BCUT2D eigenvalue weighted by molar-refractivity contribution is -0.143. The number of para-hydroxylation sites is 1. The molecular formula is C14H18N2O3. The van der Waals surface area contributed by atoms with Gasteiger partial charge in [0, 0.05) is 12.2 Å². The SMILES string of the molecule is C=CCN(CC(=O)OCC)C(=O)Nc1ccccc1. The summed E-state index contributed by atoms with van der Waals surface area (Å²) >= 11 is 0. The van der Waals surface area contributed by atoms with Crippen molar-refractivity contribution >= 4 is 17.7 Å². The van der Waals surface area contributed by atoms with Gasteiger partial charge in [0.2, 0.25) is 0 Å². The Balaban J connectivity index is 2.62. The molecule has 0 aliphatic rings. The molecule has 0 heterocycles. The van der Waals surface area contributed by atoms with Crippen molar-refractivity contribution in [1.82, 2.24) is 4.90 Å². The lowest BCUT2D eigenvalue weighted by Crippen LogP contribution is -2.39. The van der Waals surface area contributed by atoms with Crippen LogP contribution in [0.2, 0.25) is 0 Å². The molecule has 0 spiro atoms. The molecular weight excluding hydrogens is 244 g/mol. The average molecular weight is 262 g/mol. The highest BCUT2D eigenvalue weighted by molar-refractivity contribution is 5.91. The normalized spacial score (nSPS) is 9.53. The number of carbonyl (C=O) groups is 2. The van der Waals surface area contributed by atoms with Gasteiger partial charge < -0.3 is 15.0 Å². The summed E-state index contributed by atoms with van der Waals surface area (Å²) in [6, 6.07) is 8.68. The third-order valence-corrected chi connectivity index (χ3v) is 2.29. The lowest BCUT2D eigenvalue weighted by Gasteiger charge is -2.20. The lowest BCUT2D eigenvalue weighted by atomic mass is 10.3. The van der Waals surface area contributed by atoms with Crippen LogP contribution in [-0.2, 0) is 9.53 Å². The highest BCUT2D eigenvalue weighted by Crippen LogP contribution is 2.06. The van der Waals surface area contributed by atoms with E-state index in [1.807, 2.05) is 18.2 Å². The molecule has 0 aliphatic heterocycles. The fourth-order valence-electron chi connectivity index (χ4n) is 1.46. The van der Waals surface area contributed by atoms with Crippen LogP contribution in [0.15, 0.2) is 43.0 Å². The number of nitrogens with zero attached hydrogens (tertiary/aromatic N) is 1. The van der Waals surface area contributed by atoms with E-state index in [9.17, 15) is 9.59 Å². The van der Waals surface area contributed by atoms with E-state index in [1.54, 1.807) is 25.1 Å². The largest absolute Gasteiger partial charge is 0.465 e. The van der Waals surface area contributed by atoms with Crippen molar-refractivity contribution in [3.8, 4) is 0 Å². The smallest absolute Gasteiger partial charge is 0.325 e. The summed E-state index contributed by atoms with van der Waals surface area (Å²) in [5.41, 5.74) is 0.672. The zero-order chi connectivity index (χ0) is 14.1. The number of urea groups is 1. The van der Waals surface area contributed by atoms with Crippen molar-refractivity contribution in [2.24, 2.45) is 0 Å². The molecule has 0 saturated heterocycles. The van der Waals surface area contributed by atoms with Crippen molar-refractivity contribution < 1.29 is 14.3 Å². The van der Waals surface area contributed by atoms with Crippen LogP contribution in [0.3, 0.4) is 0 Å². The second-order valence-electron chi connectivity index (χ2n) is 3.77. The number of esters is 1. The highest BCUT2D eigenvalue weighted by atomic mass is 16.5. The average Bonchev–Trinajstić information content (AvgIpc) is 2.39. The van der Waals surface area contributed by atoms with E-state index in [0.717, 1.165) is 0 Å². The molecule has 0 unspecified atom stereocenters. The van der Waals surface area contributed by atoms with Crippen LogP contribution in [0.5, 0.6) is 0 Å². The predicted octanol–water partition coefficient (Wildman–Crippen LogP) is 2.27. The molecule has 0 bridgehead atoms. The maximum absolute atomic E-state index is 12.0. The summed E-state index contributed by atoms with van der Waals surface area (Å²) in [7, 11) is 0. The number of rotatable bonds is 6. The Kier molecular flexibility index (Phi) is 6.15. The maximum Gasteiger partial charge on any atom is 0.325 e. The van der Waals surface area contributed by atoms with E-state index < -0.39 is 5.97 Å². The number of ether oxygens (including phenoxy) is 1. The Morgan fingerprint density at radius 1 is 1.37 bits per heavy atom. The Hall–Kier alpha value is -2.30. The molecule has 1 aromatic carbocycles. The van der Waals surface area contributed by atoms with Crippen LogP contribution in [-0.4, -0.2) is 36.6 Å². The molecule has 0 aliphatic carbocycles. The first kappa shape index (κ1) is 14.8. The second-order valence-corrected chi connectivity index (χ2v) is 3.77. The van der Waals surface area contributed by atoms with Gasteiger partial charge in [-0.2, -0.15) is 0 Å². The highest BCUT2D eigenvalue weighted by Gasteiger charge is 2.16. The van der Waals surface area contributed by atoms with Gasteiger partial charge in [-0.25, -0.2) is 4.79 Å². The van der Waals surface area contributed by atoms with Crippen molar-refractivity contribution in [3.63, 3.8) is 0 Å². The van der Waals surface area contributed by atoms with Crippen molar-refractivity contribution in [2.75, 3.05) is 25.0 Å². The van der Waals surface area contributed by atoms with Crippen LogP contribution in [0.25, 0.3) is 0 Å². The van der Waals surface area contributed by atoms with E-state index in [1.165, 1.54) is 4.90 Å². The Labute approximate surface area is 112 Å². The molecule has 0 saturated carbocycles. The fraction of sp³-hybridized carbons (Fsp3) is 0.286. The number of nitrogens with one attached hydrogen (secondary N) is 1. The number of hydrogen-bond donors (Lipinski definition) is 1. The van der Waals surface area contributed by atoms with E-state index in [-0.39, 0.29) is 19.1 Å². The third kappa shape index (κ3) is 5.25. The van der Waals surface area contributed by atoms with Gasteiger partial charge in [0.15, 0.2) is 0 Å². The predicted molar refractivity (Wildman–Crippen MR) is 73.9 cm³/mol. The van der Waals surface area contributed by atoms with Gasteiger partial charge in [0.1, 0.15) is 6.54 Å². The second kappa shape index (κ2) is 7.92. The van der Waals surface area contributed by atoms with Crippen molar-refractivity contribution in [1.29, 1.82) is 0 Å². The minimum absolute atomic E-state index is 0.0987. The first-order valence-corrected chi connectivity index (χ1v) is 6.04. The van der Waals surface area contributed by atoms with E-state index in [0.29, 0.717) is 12.3 Å². The summed E-state index contributed by atoms with van der Waals surface area (Å²) in [6.45, 7) is 5.76. The number of amides is 2. The molecule has 0 fully saturated rings. The number of benzene rings is 1. The summed E-state index contributed by atoms with van der Waals surface area (Å²) in [6.07, 6.45) is 1.56. The Bertz CT molecular complexity index is 432. The first-order valence-electron chi connectivity index (χ1n) is 6.04. The Morgan fingerprint density at radius 3 is 2.63 bits per heavy atom. The number of carbonyl (C=O) groups excluding carboxylic acids is 2. The van der Waals surface area contributed by atoms with Crippen LogP contribution in [0.1, 0.15) is 6.92 Å². The zero-order valence-electron chi connectivity index (χ0n) is 11.0. The molecule has 102 valence electrons. The molecule has 1 N–H and O–H groups in total. The maximum atomic E-state index is 12.0. The third-order valence-electron chi connectivity index (χ3n) is 2.29. The van der Waals surface area contributed by atoms with Gasteiger partial charge >= 0.3 is 12.0 Å². The van der Waals surface area contributed by atoms with Crippen LogP contribution < -0.4 is 5.32 Å². The molecule has 2 amide bonds. The van der Waals surface area contributed by atoms with Crippen LogP contribution in [0.4, 0.5) is 10.5 Å². The topological polar surface area (TPSA) is 58.6 Å². The standard InChI is InChI=1S/C14H18N2O3/c1-3-10-16(11-13(17)19-4-2)14(18)15-12-8-6-5-7-9-12/h3,5-9H,1,4,10-11H2,2H3,(H,15,18). The van der Waals surface area contributed by atoms with E-state index in [2.05, 4.69) is 11.9 Å². The van der Waals surface area contributed by atoms with Crippen molar-refractivity contribution in [2.45, 2.75) is 6.92 Å². The van der Waals surface area contributed by atoms with Crippen molar-refractivity contribution in [3.05, 3.63) is 43.0 Å². The summed E-state index contributed by atoms with van der Waals surface area (Å²) < 4.78 is 4.82. The molecule has 0 atom stereocenters. The van der Waals surface area contributed by atoms with Gasteiger partial charge in [-0.1, -0.05) is 24.3 Å². The van der Waals surface area contributed by atoms with E-state index in [4.69, 9.17) is 4.74 Å². The molecule has 1 aromatic rings. The monoisotopic (exact) mass is 262 g/mol. The van der Waals surface area contributed by atoms with Gasteiger partial charge in [-0.05, 0) is 19.1 Å². The van der Waals surface area contributed by atoms with Gasteiger partial charge in [0.05, 0.1) is 6.61 Å². The molecule has 5 nitrogen and oxygen atoms in total. The molecule has 1 rings (SSSR count). The fourth-order valence-corrected chi connectivity index (χ4v) is 1.46. The Morgan fingerprint density at radius 2 is 2.05 bits per heavy atom. The van der Waals surface area contributed by atoms with Gasteiger partial charge in [-0.3, -0.25) is 4.79 Å². The molecule has 19 heavy (non-hydrogen) atoms. The minimum atomic E-state index is -0.437. The zero-order valence-corrected chi connectivity index (χ0v) is 11.0. The quantitative estimate of drug-likeness (QED) is 0.632. The minimum Gasteiger partial charge on any atom is -0.465 e. The van der Waals surface area contributed by atoms with Crippen LogP contribution in [0, 0.1) is 0 Å². The molecule has 0 aromatic heterocycles. The first-order chi connectivity index (χ1) is 9.17. The van der Waals surface area contributed by atoms with Gasteiger partial charge in [-0.15, -0.1) is 6.58 Å². The molecule has 5 heteroatoms. The summed E-state index contributed by atoms with van der Waals surface area (Å²) in [5, 5.41) is 2.71. The summed E-state index contributed by atoms with van der Waals surface area (Å²) in [4.78, 5) is 24.7. The summed E-state index contributed by atoms with van der Waals surface area (Å²) in [5.74, 6) is -0.437. The molecule has 0 radical (unpaired) electrons.